The van der Waals surface area contributed by atoms with Crippen LogP contribution in [0.1, 0.15) is 39.5 Å². The standard InChI is InChI=1S/C12H22N2O3S/c1-8(2)12(15)13-9-6-10-4-5-11(7-9)14(10)18(3,16)17/h8-11H,4-7H2,1-3H3,(H,13,15). The zero-order valence-corrected chi connectivity index (χ0v) is 12.0. The first-order chi connectivity index (χ1) is 8.29. The summed E-state index contributed by atoms with van der Waals surface area (Å²) in [6, 6.07) is 0.294. The van der Waals surface area contributed by atoms with Gasteiger partial charge >= 0.3 is 0 Å². The Morgan fingerprint density at radius 3 is 2.11 bits per heavy atom. The molecule has 1 amide bonds. The van der Waals surface area contributed by atoms with Gasteiger partial charge in [-0.15, -0.1) is 0 Å². The molecule has 2 rings (SSSR count). The van der Waals surface area contributed by atoms with Gasteiger partial charge in [0.2, 0.25) is 15.9 Å². The SMILES string of the molecule is CC(C)C(=O)NC1CC2CCC(C1)N2S(C)(=O)=O. The summed E-state index contributed by atoms with van der Waals surface area (Å²) in [7, 11) is -3.11. The van der Waals surface area contributed by atoms with E-state index in [0.717, 1.165) is 25.7 Å². The number of hydrogen-bond donors (Lipinski definition) is 1. The van der Waals surface area contributed by atoms with E-state index in [2.05, 4.69) is 5.32 Å². The van der Waals surface area contributed by atoms with Gasteiger partial charge in [-0.2, -0.15) is 4.31 Å². The van der Waals surface area contributed by atoms with Crippen molar-refractivity contribution in [3.63, 3.8) is 0 Å². The lowest BCUT2D eigenvalue weighted by molar-refractivity contribution is -0.125. The quantitative estimate of drug-likeness (QED) is 0.824. The number of carbonyl (C=O) groups is 1. The van der Waals surface area contributed by atoms with Crippen LogP contribution in [0.3, 0.4) is 0 Å². The fourth-order valence-corrected chi connectivity index (χ4v) is 4.63. The van der Waals surface area contributed by atoms with Crippen molar-refractivity contribution in [1.82, 2.24) is 9.62 Å². The molecule has 0 aromatic heterocycles. The molecule has 2 atom stereocenters. The molecule has 2 bridgehead atoms. The molecule has 2 unspecified atom stereocenters. The third-order valence-corrected chi connectivity index (χ3v) is 5.28. The van der Waals surface area contributed by atoms with Gasteiger partial charge in [0, 0.05) is 24.0 Å². The molecule has 18 heavy (non-hydrogen) atoms. The highest BCUT2D eigenvalue weighted by molar-refractivity contribution is 7.88. The van der Waals surface area contributed by atoms with E-state index < -0.39 is 10.0 Å². The van der Waals surface area contributed by atoms with Crippen LogP contribution in [0.4, 0.5) is 0 Å². The van der Waals surface area contributed by atoms with Gasteiger partial charge in [0.25, 0.3) is 0 Å². The smallest absolute Gasteiger partial charge is 0.222 e. The maximum absolute atomic E-state index is 11.7. The van der Waals surface area contributed by atoms with Crippen molar-refractivity contribution in [3.8, 4) is 0 Å². The van der Waals surface area contributed by atoms with E-state index in [-0.39, 0.29) is 30.0 Å². The fourth-order valence-electron chi connectivity index (χ4n) is 3.16. The molecular formula is C12H22N2O3S. The summed E-state index contributed by atoms with van der Waals surface area (Å²) < 4.78 is 25.1. The predicted molar refractivity (Wildman–Crippen MR) is 69.5 cm³/mol. The van der Waals surface area contributed by atoms with E-state index >= 15 is 0 Å². The minimum absolute atomic E-state index is 0.0180. The lowest BCUT2D eigenvalue weighted by Crippen LogP contribution is -2.52. The summed E-state index contributed by atoms with van der Waals surface area (Å²) in [6.45, 7) is 3.74. The molecule has 0 radical (unpaired) electrons. The van der Waals surface area contributed by atoms with E-state index in [4.69, 9.17) is 0 Å². The molecule has 2 saturated heterocycles. The largest absolute Gasteiger partial charge is 0.353 e. The molecule has 2 heterocycles. The van der Waals surface area contributed by atoms with Crippen molar-refractivity contribution in [2.24, 2.45) is 5.92 Å². The second-order valence-electron chi connectivity index (χ2n) is 5.81. The molecule has 0 aromatic rings. The highest BCUT2D eigenvalue weighted by Gasteiger charge is 2.45. The van der Waals surface area contributed by atoms with Gasteiger partial charge in [-0.3, -0.25) is 4.79 Å². The highest BCUT2D eigenvalue weighted by atomic mass is 32.2. The molecular weight excluding hydrogens is 252 g/mol. The monoisotopic (exact) mass is 274 g/mol. The van der Waals surface area contributed by atoms with Crippen LogP contribution in [0.5, 0.6) is 0 Å². The summed E-state index contributed by atoms with van der Waals surface area (Å²) in [5, 5.41) is 3.03. The Morgan fingerprint density at radius 2 is 1.72 bits per heavy atom. The van der Waals surface area contributed by atoms with Gasteiger partial charge in [0.15, 0.2) is 0 Å². The van der Waals surface area contributed by atoms with Crippen molar-refractivity contribution in [2.45, 2.75) is 57.7 Å². The average Bonchev–Trinajstić information content (AvgIpc) is 2.51. The van der Waals surface area contributed by atoms with Crippen molar-refractivity contribution in [2.75, 3.05) is 6.26 Å². The zero-order chi connectivity index (χ0) is 13.5. The highest BCUT2D eigenvalue weighted by Crippen LogP contribution is 2.37. The normalized spacial score (nSPS) is 32.8. The van der Waals surface area contributed by atoms with Crippen molar-refractivity contribution in [1.29, 1.82) is 0 Å². The Hall–Kier alpha value is -0.620. The lowest BCUT2D eigenvalue weighted by Gasteiger charge is -2.37. The minimum atomic E-state index is -3.11. The fraction of sp³-hybridized carbons (Fsp3) is 0.917. The average molecular weight is 274 g/mol. The van der Waals surface area contributed by atoms with Crippen LogP contribution >= 0.6 is 0 Å². The second kappa shape index (κ2) is 4.81. The maximum Gasteiger partial charge on any atom is 0.222 e. The molecule has 6 heteroatoms. The summed E-state index contributed by atoms with van der Waals surface area (Å²) in [4.78, 5) is 11.7. The number of fused-ring (bicyclic) bond motifs is 2. The number of sulfonamides is 1. The molecule has 2 fully saturated rings. The number of hydrogen-bond acceptors (Lipinski definition) is 3. The van der Waals surface area contributed by atoms with Crippen LogP contribution in [0, 0.1) is 5.92 Å². The number of rotatable bonds is 3. The third kappa shape index (κ3) is 2.69. The van der Waals surface area contributed by atoms with Crippen LogP contribution < -0.4 is 5.32 Å². The Kier molecular flexibility index (Phi) is 3.69. The first-order valence-corrected chi connectivity index (χ1v) is 8.42. The first-order valence-electron chi connectivity index (χ1n) is 6.58. The molecule has 0 aromatic carbocycles. The van der Waals surface area contributed by atoms with Crippen LogP contribution in [0.2, 0.25) is 0 Å². The number of nitrogens with one attached hydrogen (secondary N) is 1. The van der Waals surface area contributed by atoms with E-state index in [1.807, 2.05) is 13.8 Å². The molecule has 1 N–H and O–H groups in total. The van der Waals surface area contributed by atoms with Crippen molar-refractivity contribution >= 4 is 15.9 Å². The molecule has 0 spiro atoms. The van der Waals surface area contributed by atoms with Gasteiger partial charge in [0.05, 0.1) is 6.26 Å². The number of piperidine rings is 1. The van der Waals surface area contributed by atoms with Crippen molar-refractivity contribution in [3.05, 3.63) is 0 Å². The molecule has 5 nitrogen and oxygen atoms in total. The van der Waals surface area contributed by atoms with E-state index in [1.165, 1.54) is 6.26 Å². The summed E-state index contributed by atoms with van der Waals surface area (Å²) in [5.41, 5.74) is 0. The molecule has 2 aliphatic rings. The molecule has 2 aliphatic heterocycles. The Morgan fingerprint density at radius 1 is 1.22 bits per heavy atom. The number of amides is 1. The van der Waals surface area contributed by atoms with Crippen LogP contribution in [-0.4, -0.2) is 43.0 Å². The predicted octanol–water partition coefficient (Wildman–Crippen LogP) is 0.714. The number of carbonyl (C=O) groups excluding carboxylic acids is 1. The minimum Gasteiger partial charge on any atom is -0.353 e. The van der Waals surface area contributed by atoms with Gasteiger partial charge < -0.3 is 5.32 Å². The molecule has 0 saturated carbocycles. The second-order valence-corrected chi connectivity index (χ2v) is 7.70. The van der Waals surface area contributed by atoms with Crippen LogP contribution in [-0.2, 0) is 14.8 Å². The topological polar surface area (TPSA) is 66.5 Å². The first kappa shape index (κ1) is 13.8. The molecule has 104 valence electrons. The Balaban J connectivity index is 2.03. The van der Waals surface area contributed by atoms with Crippen LogP contribution in [0.25, 0.3) is 0 Å². The third-order valence-electron chi connectivity index (χ3n) is 3.92. The summed E-state index contributed by atoms with van der Waals surface area (Å²) >= 11 is 0. The van der Waals surface area contributed by atoms with Crippen LogP contribution in [0.15, 0.2) is 0 Å². The Bertz CT molecular complexity index is 419. The van der Waals surface area contributed by atoms with Crippen molar-refractivity contribution < 1.29 is 13.2 Å². The van der Waals surface area contributed by atoms with Gasteiger partial charge in [-0.1, -0.05) is 13.8 Å². The van der Waals surface area contributed by atoms with E-state index in [9.17, 15) is 13.2 Å². The Labute approximate surface area is 109 Å². The summed E-state index contributed by atoms with van der Waals surface area (Å²) in [5.74, 6) is 0.0443. The van der Waals surface area contributed by atoms with Gasteiger partial charge in [0.1, 0.15) is 0 Å². The molecule has 0 aliphatic carbocycles. The van der Waals surface area contributed by atoms with Gasteiger partial charge in [-0.05, 0) is 25.7 Å². The maximum atomic E-state index is 11.7. The lowest BCUT2D eigenvalue weighted by atomic mass is 9.99. The zero-order valence-electron chi connectivity index (χ0n) is 11.2. The van der Waals surface area contributed by atoms with E-state index in [1.54, 1.807) is 4.31 Å². The summed E-state index contributed by atoms with van der Waals surface area (Å²) in [6.07, 6.45) is 4.63. The van der Waals surface area contributed by atoms with E-state index in [0.29, 0.717) is 0 Å². The number of nitrogens with zero attached hydrogens (tertiary/aromatic N) is 1. The van der Waals surface area contributed by atoms with Gasteiger partial charge in [-0.25, -0.2) is 8.42 Å².